The highest BCUT2D eigenvalue weighted by Gasteiger charge is 2.41. The van der Waals surface area contributed by atoms with Crippen LogP contribution < -0.4 is 31.7 Å². The summed E-state index contributed by atoms with van der Waals surface area (Å²) in [6.07, 6.45) is 5.06. The van der Waals surface area contributed by atoms with E-state index in [1.807, 2.05) is 30.6 Å². The Morgan fingerprint density at radius 1 is 0.965 bits per heavy atom. The molecule has 23 nitrogen and oxygen atoms in total. The van der Waals surface area contributed by atoms with E-state index in [-0.39, 0.29) is 84.5 Å². The summed E-state index contributed by atoms with van der Waals surface area (Å²) in [4.78, 5) is 130. The van der Waals surface area contributed by atoms with Gasteiger partial charge in [0, 0.05) is 101 Å². The van der Waals surface area contributed by atoms with Crippen molar-refractivity contribution in [3.05, 3.63) is 105 Å². The minimum absolute atomic E-state index is 0.00232. The highest BCUT2D eigenvalue weighted by Crippen LogP contribution is 2.40. The van der Waals surface area contributed by atoms with Crippen molar-refractivity contribution in [2.75, 3.05) is 46.4 Å². The van der Waals surface area contributed by atoms with Crippen molar-refractivity contribution < 1.29 is 62.6 Å². The fourth-order valence-corrected chi connectivity index (χ4v) is 12.1. The minimum Gasteiger partial charge on any atom is -0.490 e. The van der Waals surface area contributed by atoms with Crippen molar-refractivity contribution in [3.8, 4) is 16.2 Å². The van der Waals surface area contributed by atoms with E-state index in [2.05, 4.69) is 64.1 Å². The topological polar surface area (TPSA) is 336 Å². The van der Waals surface area contributed by atoms with Crippen LogP contribution in [-0.2, 0) is 41.5 Å². The van der Waals surface area contributed by atoms with Crippen LogP contribution in [0.15, 0.2) is 72.2 Å². The molecule has 3 aliphatic heterocycles. The third-order valence-corrected chi connectivity index (χ3v) is 17.3. The van der Waals surface area contributed by atoms with Crippen LogP contribution >= 0.6 is 30.5 Å². The number of nitrogens with two attached hydrogens (primary N) is 1. The van der Waals surface area contributed by atoms with Crippen LogP contribution in [-0.4, -0.2) is 158 Å². The van der Waals surface area contributed by atoms with Crippen molar-refractivity contribution in [3.63, 3.8) is 0 Å². The van der Waals surface area contributed by atoms with Crippen molar-refractivity contribution in [2.45, 2.75) is 130 Å². The number of amides is 8. The van der Waals surface area contributed by atoms with E-state index in [0.717, 1.165) is 29.8 Å². The lowest BCUT2D eigenvalue weighted by Crippen LogP contribution is -2.54. The molecule has 0 saturated carbocycles. The van der Waals surface area contributed by atoms with Gasteiger partial charge >= 0.3 is 13.6 Å². The molecule has 0 aliphatic carbocycles. The average molecular weight is 1250 g/mol. The number of carbonyl (C=O) groups is 8. The summed E-state index contributed by atoms with van der Waals surface area (Å²) in [6, 6.07) is 17.1. The van der Waals surface area contributed by atoms with Gasteiger partial charge in [-0.2, -0.15) is 0 Å². The van der Waals surface area contributed by atoms with Gasteiger partial charge in [-0.3, -0.25) is 38.1 Å². The zero-order valence-electron chi connectivity index (χ0n) is 49.4. The molecule has 0 bridgehead atoms. The highest BCUT2D eigenvalue weighted by molar-refractivity contribution is 7.70. The molecule has 5 atom stereocenters. The van der Waals surface area contributed by atoms with E-state index < -0.39 is 37.0 Å². The number of nitrogens with zero attached hydrogens (tertiary/aromatic N) is 4. The van der Waals surface area contributed by atoms with Gasteiger partial charge in [-0.25, -0.2) is 9.78 Å². The molecule has 5 aromatic rings. The number of H-pyrrole nitrogens is 1. The van der Waals surface area contributed by atoms with E-state index in [1.165, 1.54) is 41.6 Å². The number of aromatic amines is 1. The lowest BCUT2D eigenvalue weighted by atomic mass is 9.89. The van der Waals surface area contributed by atoms with Crippen LogP contribution in [0.2, 0.25) is 5.02 Å². The van der Waals surface area contributed by atoms with Crippen LogP contribution in [0.4, 0.5) is 4.79 Å². The van der Waals surface area contributed by atoms with Crippen molar-refractivity contribution in [2.24, 2.45) is 17.1 Å². The number of β-amino-alcohol motifs (C(OH)–C–C–N with tert-alkyl or cyclic N) is 1. The molecule has 3 fully saturated rings. The standard InChI is InChI=1S/C38H49ClN7O10P.C12H12N2OS.C10H19NO2/c1-22(47)45-15-13-23-14-16-46(31(23)19-28(20-45)42-36(50)30-18-26-17-25(9-11-29(26)44-30)37(51)57(53,54)55)38(52)43-27(10-12-33(40)48)21-56-32-7-3-5-24(35(32)39)6-4-8-34(49)41-2;1-9-12(16-8-14-9)11-4-2-10(3-5-11)6-13-7-15;1-10(2,3)6-9(13)11-5-4-8(12)7-11/h3,5,7,9,11,17-18,23,27-28,31,44H,4,6,8,10,12-16,19-21H2,1-2H3,(H2,40,48)(H,41,49)(H,42,50)(H,43,52)(H2,53,54,55);2-5,7-8H,6H2,1H3,(H,13,15);8,12H,4-7H2,1-3H3/t23-,27?,28?,31?;;/m0../s1. The number of aromatic nitrogens is 2. The van der Waals surface area contributed by atoms with Gasteiger partial charge in [-0.05, 0) is 110 Å². The molecule has 0 spiro atoms. The SMILES string of the molecule is CC(C)(C)CC(=O)N1CCC(O)C1.CNC(=O)CCCc1cccc(OCC(CCC(N)=O)NC(=O)N2CC[C@@H]3CCN(C(C)=O)CC(NC(=O)c4cc5cc(C(=O)P(=O)(O)O)ccc5[nH]4)CC32)c1Cl.Cc1ncsc1-c1ccc(CNC=O)cc1. The zero-order chi connectivity index (χ0) is 62.9. The first kappa shape index (κ1) is 67.9. The molecule has 26 heteroatoms. The summed E-state index contributed by atoms with van der Waals surface area (Å²) in [5, 5.41) is 21.3. The summed E-state index contributed by atoms with van der Waals surface area (Å²) in [5.74, 6) is -0.673. The van der Waals surface area contributed by atoms with E-state index in [4.69, 9.17) is 22.1 Å². The molecule has 3 saturated heterocycles. The number of aliphatic hydroxyl groups excluding tert-OH is 1. The molecule has 8 rings (SSSR count). The Hall–Kier alpha value is -7.21. The number of urea groups is 1. The minimum atomic E-state index is -5.01. The predicted octanol–water partition coefficient (Wildman–Crippen LogP) is 6.44. The molecule has 3 aromatic carbocycles. The molecule has 86 heavy (non-hydrogen) atoms. The first-order chi connectivity index (χ1) is 40.7. The molecule has 5 heterocycles. The monoisotopic (exact) mass is 1250 g/mol. The van der Waals surface area contributed by atoms with E-state index in [1.54, 1.807) is 45.2 Å². The van der Waals surface area contributed by atoms with E-state index in [9.17, 15) is 57.8 Å². The van der Waals surface area contributed by atoms with Crippen LogP contribution in [0.1, 0.15) is 123 Å². The molecule has 2 aromatic heterocycles. The van der Waals surface area contributed by atoms with Gasteiger partial charge in [0.05, 0.1) is 33.3 Å². The van der Waals surface area contributed by atoms with Gasteiger partial charge in [0.2, 0.25) is 30.0 Å². The molecule has 10 N–H and O–H groups in total. The highest BCUT2D eigenvalue weighted by atomic mass is 35.5. The predicted molar refractivity (Wildman–Crippen MR) is 327 cm³/mol. The van der Waals surface area contributed by atoms with Crippen LogP contribution in [0, 0.1) is 18.3 Å². The van der Waals surface area contributed by atoms with E-state index >= 15 is 0 Å². The third-order valence-electron chi connectivity index (χ3n) is 15.1. The number of benzene rings is 3. The number of aliphatic hydroxyl groups is 1. The number of primary amides is 1. The van der Waals surface area contributed by atoms with Gasteiger partial charge < -0.3 is 66.3 Å². The first-order valence-electron chi connectivity index (χ1n) is 28.6. The molecule has 4 unspecified atom stereocenters. The van der Waals surface area contributed by atoms with Gasteiger partial charge in [-0.1, -0.05) is 68.8 Å². The molecule has 3 aliphatic rings. The lowest BCUT2D eigenvalue weighted by molar-refractivity contribution is -0.132. The second-order valence-electron chi connectivity index (χ2n) is 23.0. The van der Waals surface area contributed by atoms with Gasteiger partial charge in [0.25, 0.3) is 11.4 Å². The Morgan fingerprint density at radius 2 is 1.69 bits per heavy atom. The van der Waals surface area contributed by atoms with Crippen molar-refractivity contribution in [1.82, 2.24) is 45.9 Å². The number of aryl methyl sites for hydroxylation is 2. The number of hydrogen-bond acceptors (Lipinski definition) is 13. The summed E-state index contributed by atoms with van der Waals surface area (Å²) in [5.41, 5.74) is 10.6. The number of hydrogen-bond donors (Lipinski definition) is 9. The Morgan fingerprint density at radius 3 is 2.31 bits per heavy atom. The molecular formula is C60H80ClN10O13PS. The smallest absolute Gasteiger partial charge is 0.396 e. The quantitative estimate of drug-likeness (QED) is 0.0299. The summed E-state index contributed by atoms with van der Waals surface area (Å²) < 4.78 is 17.6. The molecule has 8 amide bonds. The fourth-order valence-electron chi connectivity index (χ4n) is 10.5. The summed E-state index contributed by atoms with van der Waals surface area (Å²) >= 11 is 8.31. The number of fused-ring (bicyclic) bond motifs is 2. The number of thiazole rings is 1. The maximum atomic E-state index is 14.0. The number of ether oxygens (including phenoxy) is 1. The Labute approximate surface area is 509 Å². The maximum absolute atomic E-state index is 14.0. The third kappa shape index (κ3) is 20.2. The molecule has 466 valence electrons. The van der Waals surface area contributed by atoms with Gasteiger partial charge in [0.15, 0.2) is 0 Å². The normalized spacial score (nSPS) is 18.0. The first-order valence-corrected chi connectivity index (χ1v) is 31.5. The number of nitrogens with one attached hydrogen (secondary N) is 5. The zero-order valence-corrected chi connectivity index (χ0v) is 51.9. The Bertz CT molecular complexity index is 3240. The van der Waals surface area contributed by atoms with Gasteiger partial charge in [0.1, 0.15) is 18.1 Å². The van der Waals surface area contributed by atoms with E-state index in [0.29, 0.717) is 99.2 Å². The lowest BCUT2D eigenvalue weighted by Gasteiger charge is -2.37. The number of halogens is 1. The number of rotatable bonds is 20. The second-order valence-corrected chi connectivity index (χ2v) is 25.7. The van der Waals surface area contributed by atoms with Crippen LogP contribution in [0.25, 0.3) is 21.3 Å². The Balaban J connectivity index is 0.000000328. The number of likely N-dealkylation sites (tertiary alicyclic amines) is 3. The van der Waals surface area contributed by atoms with Gasteiger partial charge in [-0.15, -0.1) is 11.3 Å². The molecule has 0 radical (unpaired) electrons. The van der Waals surface area contributed by atoms with Crippen LogP contribution in [0.5, 0.6) is 5.75 Å². The largest absolute Gasteiger partial charge is 0.490 e. The van der Waals surface area contributed by atoms with Crippen molar-refractivity contribution >= 4 is 88.9 Å². The van der Waals surface area contributed by atoms with Crippen LogP contribution in [0.3, 0.4) is 0 Å². The Kier molecular flexibility index (Phi) is 24.8. The second kappa shape index (κ2) is 31.4. The fraction of sp³-hybridized carbons (Fsp3) is 0.483. The maximum Gasteiger partial charge on any atom is 0.396 e. The average Bonchev–Trinajstić information content (AvgIpc) is 2.12. The summed E-state index contributed by atoms with van der Waals surface area (Å²) in [7, 11) is -3.43. The summed E-state index contributed by atoms with van der Waals surface area (Å²) in [6.45, 7) is 12.5. The number of carbonyl (C=O) groups excluding carboxylic acids is 8. The van der Waals surface area contributed by atoms with Crippen molar-refractivity contribution in [1.29, 1.82) is 0 Å². The molecular weight excluding hydrogens is 1170 g/mol.